The Kier molecular flexibility index (Phi) is 3.03. The van der Waals surface area contributed by atoms with Crippen molar-refractivity contribution in [3.63, 3.8) is 0 Å². The van der Waals surface area contributed by atoms with E-state index >= 15 is 0 Å². The lowest BCUT2D eigenvalue weighted by atomic mass is 10.1. The summed E-state index contributed by atoms with van der Waals surface area (Å²) in [7, 11) is 1.99. The molecule has 0 saturated heterocycles. The van der Waals surface area contributed by atoms with Crippen LogP contribution in [0.5, 0.6) is 0 Å². The number of hydrogen-bond donors (Lipinski definition) is 1. The molecule has 0 fully saturated rings. The van der Waals surface area contributed by atoms with Crippen LogP contribution in [0.4, 0.5) is 0 Å². The zero-order valence-corrected chi connectivity index (χ0v) is 12.0. The first kappa shape index (κ1) is 12.8. The molecule has 0 aliphatic heterocycles. The Morgan fingerprint density at radius 2 is 2.00 bits per heavy atom. The van der Waals surface area contributed by atoms with E-state index in [1.54, 1.807) is 0 Å². The summed E-state index contributed by atoms with van der Waals surface area (Å²) in [5, 5.41) is 1.08. The standard InChI is InChI=1S/C16H18N4/c1-10-5-4-6-12(7-10)15-18-11(2)14-13(8-17)9-20(3)16(14)19-15/h4-7,9H,8,17H2,1-3H3. The van der Waals surface area contributed by atoms with Gasteiger partial charge in [0.1, 0.15) is 5.65 Å². The van der Waals surface area contributed by atoms with Crippen LogP contribution in [0.15, 0.2) is 30.5 Å². The summed E-state index contributed by atoms with van der Waals surface area (Å²) in [4.78, 5) is 9.37. The minimum absolute atomic E-state index is 0.505. The van der Waals surface area contributed by atoms with Crippen molar-refractivity contribution in [1.82, 2.24) is 14.5 Å². The van der Waals surface area contributed by atoms with Crippen molar-refractivity contribution in [3.05, 3.63) is 47.3 Å². The normalized spacial score (nSPS) is 11.2. The summed E-state index contributed by atoms with van der Waals surface area (Å²) >= 11 is 0. The fourth-order valence-corrected chi connectivity index (χ4v) is 2.62. The van der Waals surface area contributed by atoms with Gasteiger partial charge in [-0.3, -0.25) is 0 Å². The average molecular weight is 266 g/mol. The number of hydrogen-bond acceptors (Lipinski definition) is 3. The van der Waals surface area contributed by atoms with Crippen molar-refractivity contribution >= 4 is 11.0 Å². The van der Waals surface area contributed by atoms with Crippen LogP contribution in [0.2, 0.25) is 0 Å². The van der Waals surface area contributed by atoms with E-state index in [0.29, 0.717) is 6.54 Å². The number of aromatic nitrogens is 3. The smallest absolute Gasteiger partial charge is 0.161 e. The molecular weight excluding hydrogens is 248 g/mol. The maximum absolute atomic E-state index is 5.80. The summed E-state index contributed by atoms with van der Waals surface area (Å²) in [6.45, 7) is 4.59. The molecule has 0 unspecified atom stereocenters. The fraction of sp³-hybridized carbons (Fsp3) is 0.250. The predicted octanol–water partition coefficient (Wildman–Crippen LogP) is 2.71. The Morgan fingerprint density at radius 3 is 2.70 bits per heavy atom. The number of fused-ring (bicyclic) bond motifs is 1. The van der Waals surface area contributed by atoms with E-state index in [-0.39, 0.29) is 0 Å². The maximum Gasteiger partial charge on any atom is 0.161 e. The molecule has 0 atom stereocenters. The predicted molar refractivity (Wildman–Crippen MR) is 81.3 cm³/mol. The first-order valence-corrected chi connectivity index (χ1v) is 6.70. The van der Waals surface area contributed by atoms with Crippen LogP contribution >= 0.6 is 0 Å². The maximum atomic E-state index is 5.80. The number of rotatable bonds is 2. The van der Waals surface area contributed by atoms with Crippen LogP contribution < -0.4 is 5.73 Å². The number of nitrogens with zero attached hydrogens (tertiary/aromatic N) is 3. The third-order valence-electron chi connectivity index (χ3n) is 3.57. The van der Waals surface area contributed by atoms with Gasteiger partial charge < -0.3 is 10.3 Å². The molecule has 0 amide bonds. The van der Waals surface area contributed by atoms with E-state index in [9.17, 15) is 0 Å². The van der Waals surface area contributed by atoms with Gasteiger partial charge in [0.15, 0.2) is 5.82 Å². The van der Waals surface area contributed by atoms with E-state index in [1.165, 1.54) is 5.56 Å². The molecule has 0 saturated carbocycles. The van der Waals surface area contributed by atoms with Gasteiger partial charge in [-0.15, -0.1) is 0 Å². The monoisotopic (exact) mass is 266 g/mol. The Balaban J connectivity index is 2.27. The molecule has 0 aliphatic rings. The lowest BCUT2D eigenvalue weighted by molar-refractivity contribution is 0.930. The summed E-state index contributed by atoms with van der Waals surface area (Å²) in [5.74, 6) is 0.767. The van der Waals surface area contributed by atoms with Crippen LogP contribution in [-0.4, -0.2) is 14.5 Å². The Hall–Kier alpha value is -2.20. The third kappa shape index (κ3) is 1.98. The molecule has 2 aromatic heterocycles. The van der Waals surface area contributed by atoms with Gasteiger partial charge in [0, 0.05) is 30.7 Å². The molecule has 102 valence electrons. The second kappa shape index (κ2) is 4.72. The van der Waals surface area contributed by atoms with Gasteiger partial charge in [0.2, 0.25) is 0 Å². The van der Waals surface area contributed by atoms with E-state index in [4.69, 9.17) is 10.7 Å². The summed E-state index contributed by atoms with van der Waals surface area (Å²) < 4.78 is 2.02. The van der Waals surface area contributed by atoms with E-state index in [2.05, 4.69) is 24.0 Å². The van der Waals surface area contributed by atoms with Crippen LogP contribution in [0.25, 0.3) is 22.4 Å². The summed E-state index contributed by atoms with van der Waals surface area (Å²) in [6.07, 6.45) is 2.03. The molecule has 0 radical (unpaired) electrons. The second-order valence-electron chi connectivity index (χ2n) is 5.17. The zero-order chi connectivity index (χ0) is 14.3. The molecule has 0 spiro atoms. The highest BCUT2D eigenvalue weighted by Gasteiger charge is 2.13. The zero-order valence-electron chi connectivity index (χ0n) is 12.0. The molecule has 3 rings (SSSR count). The highest BCUT2D eigenvalue weighted by molar-refractivity contribution is 5.84. The first-order valence-electron chi connectivity index (χ1n) is 6.70. The minimum Gasteiger partial charge on any atom is -0.335 e. The molecule has 0 bridgehead atoms. The van der Waals surface area contributed by atoms with Gasteiger partial charge in [-0.2, -0.15) is 0 Å². The molecule has 3 aromatic rings. The Bertz CT molecular complexity index is 787. The molecule has 4 nitrogen and oxygen atoms in total. The van der Waals surface area contributed by atoms with Crippen LogP contribution in [0.3, 0.4) is 0 Å². The average Bonchev–Trinajstić information content (AvgIpc) is 2.76. The second-order valence-corrected chi connectivity index (χ2v) is 5.17. The quantitative estimate of drug-likeness (QED) is 0.776. The Morgan fingerprint density at radius 1 is 1.20 bits per heavy atom. The molecular formula is C16H18N4. The molecule has 4 heteroatoms. The van der Waals surface area contributed by atoms with E-state index in [1.807, 2.05) is 36.9 Å². The van der Waals surface area contributed by atoms with Crippen molar-refractivity contribution in [1.29, 1.82) is 0 Å². The van der Waals surface area contributed by atoms with Gasteiger partial charge in [-0.05, 0) is 25.5 Å². The van der Waals surface area contributed by atoms with Crippen LogP contribution in [0, 0.1) is 13.8 Å². The minimum atomic E-state index is 0.505. The highest BCUT2D eigenvalue weighted by Crippen LogP contribution is 2.25. The molecule has 20 heavy (non-hydrogen) atoms. The van der Waals surface area contributed by atoms with Crippen molar-refractivity contribution in [2.45, 2.75) is 20.4 Å². The van der Waals surface area contributed by atoms with Crippen LogP contribution in [-0.2, 0) is 13.6 Å². The van der Waals surface area contributed by atoms with Gasteiger partial charge in [-0.25, -0.2) is 9.97 Å². The molecule has 2 heterocycles. The van der Waals surface area contributed by atoms with Crippen molar-refractivity contribution in [2.75, 3.05) is 0 Å². The topological polar surface area (TPSA) is 56.7 Å². The molecule has 0 aliphatic carbocycles. The van der Waals surface area contributed by atoms with Crippen molar-refractivity contribution < 1.29 is 0 Å². The Labute approximate surface area is 118 Å². The SMILES string of the molecule is Cc1cccc(-c2nc(C)c3c(CN)cn(C)c3n2)c1. The molecule has 2 N–H and O–H groups in total. The van der Waals surface area contributed by atoms with Gasteiger partial charge >= 0.3 is 0 Å². The first-order chi connectivity index (χ1) is 9.60. The lowest BCUT2D eigenvalue weighted by Gasteiger charge is -2.06. The van der Waals surface area contributed by atoms with Crippen molar-refractivity contribution in [2.24, 2.45) is 12.8 Å². The number of benzene rings is 1. The van der Waals surface area contributed by atoms with Gasteiger partial charge in [-0.1, -0.05) is 23.8 Å². The van der Waals surface area contributed by atoms with Crippen molar-refractivity contribution in [3.8, 4) is 11.4 Å². The van der Waals surface area contributed by atoms with Gasteiger partial charge in [0.05, 0.1) is 5.69 Å². The third-order valence-corrected chi connectivity index (χ3v) is 3.57. The largest absolute Gasteiger partial charge is 0.335 e. The van der Waals surface area contributed by atoms with E-state index < -0.39 is 0 Å². The summed E-state index contributed by atoms with van der Waals surface area (Å²) in [5.41, 5.74) is 11.1. The summed E-state index contributed by atoms with van der Waals surface area (Å²) in [6, 6.07) is 8.25. The lowest BCUT2D eigenvalue weighted by Crippen LogP contribution is -1.98. The van der Waals surface area contributed by atoms with E-state index in [0.717, 1.165) is 33.7 Å². The van der Waals surface area contributed by atoms with Crippen LogP contribution in [0.1, 0.15) is 16.8 Å². The number of aryl methyl sites for hydroxylation is 3. The fourth-order valence-electron chi connectivity index (χ4n) is 2.62. The number of nitrogens with two attached hydrogens (primary N) is 1. The highest BCUT2D eigenvalue weighted by atomic mass is 15.0. The molecule has 1 aromatic carbocycles. The van der Waals surface area contributed by atoms with Gasteiger partial charge in [0.25, 0.3) is 0 Å².